The minimum Gasteiger partial charge on any atom is -0.332 e. The average molecular weight is 345 g/mol. The van der Waals surface area contributed by atoms with Crippen molar-refractivity contribution < 1.29 is 4.79 Å². The number of carbonyl (C=O) groups is 1. The van der Waals surface area contributed by atoms with E-state index in [9.17, 15) is 4.79 Å². The van der Waals surface area contributed by atoms with Crippen LogP contribution >= 0.6 is 0 Å². The second-order valence-corrected chi connectivity index (χ2v) is 7.06. The summed E-state index contributed by atoms with van der Waals surface area (Å²) in [6.07, 6.45) is 2.72. The van der Waals surface area contributed by atoms with Crippen LogP contribution in [0.15, 0.2) is 60.9 Å². The first-order valence-corrected chi connectivity index (χ1v) is 9.13. The molecule has 1 amide bonds. The number of rotatable bonds is 3. The number of fused-ring (bicyclic) bond motifs is 1. The number of imidazole rings is 1. The van der Waals surface area contributed by atoms with Gasteiger partial charge in [0.15, 0.2) is 0 Å². The lowest BCUT2D eigenvalue weighted by atomic mass is 10.0. The molecule has 3 aromatic rings. The van der Waals surface area contributed by atoms with Crippen molar-refractivity contribution in [3.8, 4) is 11.1 Å². The molecule has 26 heavy (non-hydrogen) atoms. The third kappa shape index (κ3) is 3.03. The summed E-state index contributed by atoms with van der Waals surface area (Å²) in [5, 5.41) is 0. The first-order chi connectivity index (χ1) is 12.6. The van der Waals surface area contributed by atoms with Gasteiger partial charge in [-0.2, -0.15) is 0 Å². The van der Waals surface area contributed by atoms with Crippen LogP contribution in [0.25, 0.3) is 11.1 Å². The van der Waals surface area contributed by atoms with Crippen LogP contribution in [0.3, 0.4) is 0 Å². The molecule has 0 aliphatic carbocycles. The zero-order valence-corrected chi connectivity index (χ0v) is 15.2. The summed E-state index contributed by atoms with van der Waals surface area (Å²) in [6.45, 7) is 5.64. The first-order valence-electron chi connectivity index (χ1n) is 9.13. The van der Waals surface area contributed by atoms with Crippen molar-refractivity contribution in [2.24, 2.45) is 0 Å². The molecule has 0 saturated carbocycles. The monoisotopic (exact) mass is 345 g/mol. The number of benzene rings is 2. The van der Waals surface area contributed by atoms with Crippen LogP contribution < -0.4 is 0 Å². The lowest BCUT2D eigenvalue weighted by Gasteiger charge is -2.28. The SMILES string of the molecule is CC(C)n1cnc2c1CN(C(=O)c1cccc(-c3ccccc3)c1)CC2. The summed E-state index contributed by atoms with van der Waals surface area (Å²) in [5.74, 6) is 0.0879. The number of hydrogen-bond acceptors (Lipinski definition) is 2. The molecule has 2 heterocycles. The van der Waals surface area contributed by atoms with Crippen molar-refractivity contribution in [1.29, 1.82) is 0 Å². The smallest absolute Gasteiger partial charge is 0.254 e. The highest BCUT2D eigenvalue weighted by Gasteiger charge is 2.26. The molecule has 1 aliphatic rings. The first kappa shape index (κ1) is 16.6. The van der Waals surface area contributed by atoms with Crippen LogP contribution in [0, 0.1) is 0 Å². The zero-order chi connectivity index (χ0) is 18.1. The predicted octanol–water partition coefficient (Wildman–Crippen LogP) is 4.33. The molecule has 1 aromatic heterocycles. The Morgan fingerprint density at radius 1 is 1.04 bits per heavy atom. The largest absolute Gasteiger partial charge is 0.332 e. The lowest BCUT2D eigenvalue weighted by Crippen LogP contribution is -2.37. The van der Waals surface area contributed by atoms with Gasteiger partial charge in [-0.3, -0.25) is 4.79 Å². The maximum absolute atomic E-state index is 13.1. The normalized spacial score (nSPS) is 13.7. The van der Waals surface area contributed by atoms with Crippen molar-refractivity contribution in [3.05, 3.63) is 77.9 Å². The molecule has 0 radical (unpaired) electrons. The number of aromatic nitrogens is 2. The van der Waals surface area contributed by atoms with E-state index in [-0.39, 0.29) is 5.91 Å². The minimum absolute atomic E-state index is 0.0879. The highest BCUT2D eigenvalue weighted by Crippen LogP contribution is 2.24. The van der Waals surface area contributed by atoms with Gasteiger partial charge >= 0.3 is 0 Å². The molecule has 0 atom stereocenters. The van der Waals surface area contributed by atoms with Gasteiger partial charge in [-0.05, 0) is 37.1 Å². The summed E-state index contributed by atoms with van der Waals surface area (Å²) < 4.78 is 2.18. The maximum Gasteiger partial charge on any atom is 0.254 e. The van der Waals surface area contributed by atoms with Gasteiger partial charge < -0.3 is 9.47 Å². The van der Waals surface area contributed by atoms with Gasteiger partial charge in [-0.1, -0.05) is 42.5 Å². The molecule has 0 bridgehead atoms. The van der Waals surface area contributed by atoms with Crippen molar-refractivity contribution in [2.75, 3.05) is 6.54 Å². The molecule has 0 unspecified atom stereocenters. The van der Waals surface area contributed by atoms with Crippen LogP contribution in [-0.4, -0.2) is 26.9 Å². The van der Waals surface area contributed by atoms with E-state index in [0.29, 0.717) is 12.6 Å². The summed E-state index contributed by atoms with van der Waals surface area (Å²) in [7, 11) is 0. The highest BCUT2D eigenvalue weighted by atomic mass is 16.2. The molecule has 0 fully saturated rings. The molecule has 1 aliphatic heterocycles. The molecule has 4 heteroatoms. The summed E-state index contributed by atoms with van der Waals surface area (Å²) in [6, 6.07) is 18.4. The molecule has 4 nitrogen and oxygen atoms in total. The van der Waals surface area contributed by atoms with Crippen LogP contribution in [0.1, 0.15) is 41.6 Å². The summed E-state index contributed by atoms with van der Waals surface area (Å²) in [4.78, 5) is 19.6. The van der Waals surface area contributed by atoms with E-state index >= 15 is 0 Å². The second-order valence-electron chi connectivity index (χ2n) is 7.06. The Morgan fingerprint density at radius 3 is 2.58 bits per heavy atom. The van der Waals surface area contributed by atoms with Crippen LogP contribution in [0.4, 0.5) is 0 Å². The zero-order valence-electron chi connectivity index (χ0n) is 15.2. The molecule has 132 valence electrons. The van der Waals surface area contributed by atoms with Crippen LogP contribution in [0.5, 0.6) is 0 Å². The quantitative estimate of drug-likeness (QED) is 0.709. The molecular formula is C22H23N3O. The fraction of sp³-hybridized carbons (Fsp3) is 0.273. The third-order valence-corrected chi connectivity index (χ3v) is 5.00. The number of carbonyl (C=O) groups excluding carboxylic acids is 1. The lowest BCUT2D eigenvalue weighted by molar-refractivity contribution is 0.0729. The molecule has 0 saturated heterocycles. The average Bonchev–Trinajstić information content (AvgIpc) is 3.11. The standard InChI is InChI=1S/C22H23N3O/c1-16(2)25-15-23-20-11-12-24(14-21(20)25)22(26)19-10-6-9-18(13-19)17-7-4-3-5-8-17/h3-10,13,15-16H,11-12,14H2,1-2H3. The van der Waals surface area contributed by atoms with E-state index in [1.54, 1.807) is 0 Å². The van der Waals surface area contributed by atoms with Crippen molar-refractivity contribution in [2.45, 2.75) is 32.9 Å². The topological polar surface area (TPSA) is 38.1 Å². The van der Waals surface area contributed by atoms with Gasteiger partial charge in [0, 0.05) is 24.6 Å². The van der Waals surface area contributed by atoms with E-state index in [4.69, 9.17) is 0 Å². The van der Waals surface area contributed by atoms with Crippen molar-refractivity contribution >= 4 is 5.91 Å². The third-order valence-electron chi connectivity index (χ3n) is 5.00. The maximum atomic E-state index is 13.1. The Kier molecular flexibility index (Phi) is 4.33. The van der Waals surface area contributed by atoms with E-state index in [2.05, 4.69) is 35.5 Å². The highest BCUT2D eigenvalue weighted by molar-refractivity contribution is 5.95. The van der Waals surface area contributed by atoms with Crippen molar-refractivity contribution in [3.63, 3.8) is 0 Å². The Bertz CT molecular complexity index is 928. The van der Waals surface area contributed by atoms with Crippen LogP contribution in [0.2, 0.25) is 0 Å². The fourth-order valence-electron chi connectivity index (χ4n) is 3.57. The Labute approximate surface area is 154 Å². The van der Waals surface area contributed by atoms with E-state index in [1.165, 1.54) is 5.69 Å². The summed E-state index contributed by atoms with van der Waals surface area (Å²) >= 11 is 0. The molecule has 4 rings (SSSR count). The fourth-order valence-corrected chi connectivity index (χ4v) is 3.57. The molecule has 2 aromatic carbocycles. The van der Waals surface area contributed by atoms with E-state index in [0.717, 1.165) is 35.3 Å². The van der Waals surface area contributed by atoms with Gasteiger partial charge in [-0.25, -0.2) is 4.98 Å². The van der Waals surface area contributed by atoms with E-state index < -0.39 is 0 Å². The molecular weight excluding hydrogens is 322 g/mol. The van der Waals surface area contributed by atoms with Crippen molar-refractivity contribution in [1.82, 2.24) is 14.5 Å². The molecule has 0 spiro atoms. The number of hydrogen-bond donors (Lipinski definition) is 0. The Hall–Kier alpha value is -2.88. The van der Waals surface area contributed by atoms with Gasteiger partial charge in [0.2, 0.25) is 0 Å². The predicted molar refractivity (Wildman–Crippen MR) is 103 cm³/mol. The van der Waals surface area contributed by atoms with Crippen LogP contribution in [-0.2, 0) is 13.0 Å². The van der Waals surface area contributed by atoms with Gasteiger partial charge in [-0.15, -0.1) is 0 Å². The van der Waals surface area contributed by atoms with Gasteiger partial charge in [0.05, 0.1) is 24.3 Å². The molecule has 0 N–H and O–H groups in total. The van der Waals surface area contributed by atoms with Gasteiger partial charge in [0.25, 0.3) is 5.91 Å². The number of amides is 1. The Morgan fingerprint density at radius 2 is 1.81 bits per heavy atom. The minimum atomic E-state index is 0.0879. The van der Waals surface area contributed by atoms with Gasteiger partial charge in [0.1, 0.15) is 0 Å². The Balaban J connectivity index is 1.60. The number of nitrogens with zero attached hydrogens (tertiary/aromatic N) is 3. The second kappa shape index (κ2) is 6.79. The van der Waals surface area contributed by atoms with E-state index in [1.807, 2.05) is 53.7 Å². The summed E-state index contributed by atoms with van der Waals surface area (Å²) in [5.41, 5.74) is 5.23.